The Morgan fingerprint density at radius 1 is 1.12 bits per heavy atom. The highest BCUT2D eigenvalue weighted by Gasteiger charge is 2.16. The molecule has 3 rings (SSSR count). The van der Waals surface area contributed by atoms with Gasteiger partial charge in [0.1, 0.15) is 0 Å². The number of halogens is 3. The molecule has 1 aromatic carbocycles. The summed E-state index contributed by atoms with van der Waals surface area (Å²) in [6, 6.07) is 2.58. The zero-order chi connectivity index (χ0) is 17.8. The Hall–Kier alpha value is -2.84. The number of benzene rings is 1. The maximum atomic E-state index is 13.5. The average Bonchev–Trinajstić information content (AvgIpc) is 3.15. The van der Waals surface area contributed by atoms with Gasteiger partial charge in [-0.15, -0.1) is 0 Å². The third-order valence-corrected chi connectivity index (χ3v) is 3.80. The first-order valence-electron chi connectivity index (χ1n) is 7.80. The van der Waals surface area contributed by atoms with Crippen molar-refractivity contribution < 1.29 is 18.0 Å². The first kappa shape index (κ1) is 17.0. The van der Waals surface area contributed by atoms with E-state index in [1.807, 2.05) is 0 Å². The highest BCUT2D eigenvalue weighted by Crippen LogP contribution is 2.19. The van der Waals surface area contributed by atoms with Gasteiger partial charge in [-0.2, -0.15) is 0 Å². The molecule has 0 unspecified atom stereocenters. The van der Waals surface area contributed by atoms with E-state index in [1.165, 1.54) is 0 Å². The highest BCUT2D eigenvalue weighted by molar-refractivity contribution is 5.89. The lowest BCUT2D eigenvalue weighted by Gasteiger charge is -2.15. The monoisotopic (exact) mass is 351 g/mol. The van der Waals surface area contributed by atoms with E-state index in [1.54, 1.807) is 12.3 Å². The summed E-state index contributed by atoms with van der Waals surface area (Å²) in [5.41, 5.74) is 0.134. The third kappa shape index (κ3) is 3.98. The minimum absolute atomic E-state index is 0.0838. The second kappa shape index (κ2) is 7.37. The van der Waals surface area contributed by atoms with Gasteiger partial charge in [-0.1, -0.05) is 0 Å². The molecule has 0 radical (unpaired) electrons. The SMILES string of the molecule is O=C(NCc1ccnc(N2CCCC2)n1)Nc1ccc(F)c(F)c1F. The van der Waals surface area contributed by atoms with E-state index < -0.39 is 29.2 Å². The molecule has 0 bridgehead atoms. The van der Waals surface area contributed by atoms with Crippen molar-refractivity contribution in [1.82, 2.24) is 15.3 Å². The summed E-state index contributed by atoms with van der Waals surface area (Å²) in [6.45, 7) is 1.88. The van der Waals surface area contributed by atoms with E-state index in [2.05, 4.69) is 25.5 Å². The molecule has 0 saturated carbocycles. The fourth-order valence-corrected chi connectivity index (χ4v) is 2.51. The zero-order valence-corrected chi connectivity index (χ0v) is 13.2. The van der Waals surface area contributed by atoms with Gasteiger partial charge < -0.3 is 15.5 Å². The molecule has 6 nitrogen and oxygen atoms in total. The average molecular weight is 351 g/mol. The topological polar surface area (TPSA) is 70.2 Å². The van der Waals surface area contributed by atoms with Crippen LogP contribution in [0.3, 0.4) is 0 Å². The molecule has 2 heterocycles. The van der Waals surface area contributed by atoms with Gasteiger partial charge in [-0.05, 0) is 31.0 Å². The van der Waals surface area contributed by atoms with Crippen LogP contribution in [0.4, 0.5) is 29.6 Å². The number of amides is 2. The van der Waals surface area contributed by atoms with Crippen LogP contribution in [0, 0.1) is 17.5 Å². The van der Waals surface area contributed by atoms with Crippen LogP contribution in [-0.2, 0) is 6.54 Å². The van der Waals surface area contributed by atoms with E-state index in [0.29, 0.717) is 11.6 Å². The summed E-state index contributed by atoms with van der Waals surface area (Å²) < 4.78 is 39.5. The number of urea groups is 1. The molecule has 0 aliphatic carbocycles. The molecule has 25 heavy (non-hydrogen) atoms. The third-order valence-electron chi connectivity index (χ3n) is 3.80. The van der Waals surface area contributed by atoms with E-state index in [4.69, 9.17) is 0 Å². The number of rotatable bonds is 4. The molecule has 9 heteroatoms. The molecule has 1 aliphatic heterocycles. The van der Waals surface area contributed by atoms with Crippen molar-refractivity contribution in [1.29, 1.82) is 0 Å². The van der Waals surface area contributed by atoms with Gasteiger partial charge in [-0.3, -0.25) is 0 Å². The zero-order valence-electron chi connectivity index (χ0n) is 13.2. The van der Waals surface area contributed by atoms with Gasteiger partial charge in [0.15, 0.2) is 17.5 Å². The lowest BCUT2D eigenvalue weighted by atomic mass is 10.3. The molecule has 1 aliphatic rings. The second-order valence-corrected chi connectivity index (χ2v) is 5.57. The minimum atomic E-state index is -1.64. The minimum Gasteiger partial charge on any atom is -0.341 e. The van der Waals surface area contributed by atoms with Gasteiger partial charge in [0.2, 0.25) is 5.95 Å². The van der Waals surface area contributed by atoms with E-state index in [0.717, 1.165) is 38.1 Å². The normalized spacial score (nSPS) is 13.8. The molecule has 1 saturated heterocycles. The molecule has 0 atom stereocenters. The van der Waals surface area contributed by atoms with Gasteiger partial charge in [0, 0.05) is 19.3 Å². The van der Waals surface area contributed by atoms with Crippen molar-refractivity contribution in [2.45, 2.75) is 19.4 Å². The van der Waals surface area contributed by atoms with Crippen LogP contribution in [0.2, 0.25) is 0 Å². The van der Waals surface area contributed by atoms with Crippen molar-refractivity contribution in [3.8, 4) is 0 Å². The van der Waals surface area contributed by atoms with Gasteiger partial charge in [0.25, 0.3) is 0 Å². The van der Waals surface area contributed by atoms with Gasteiger partial charge in [-0.25, -0.2) is 27.9 Å². The Bertz CT molecular complexity index is 780. The maximum absolute atomic E-state index is 13.5. The number of anilines is 2. The molecular weight excluding hydrogens is 335 g/mol. The number of nitrogens with one attached hydrogen (secondary N) is 2. The van der Waals surface area contributed by atoms with Crippen molar-refractivity contribution in [2.24, 2.45) is 0 Å². The number of aromatic nitrogens is 2. The second-order valence-electron chi connectivity index (χ2n) is 5.57. The molecule has 1 aromatic heterocycles. The van der Waals surface area contributed by atoms with Gasteiger partial charge >= 0.3 is 6.03 Å². The van der Waals surface area contributed by atoms with Gasteiger partial charge in [0.05, 0.1) is 17.9 Å². The Kier molecular flexibility index (Phi) is 5.01. The molecule has 2 amide bonds. The Labute approximate surface area is 142 Å². The number of hydrogen-bond donors (Lipinski definition) is 2. The van der Waals surface area contributed by atoms with Crippen LogP contribution in [0.1, 0.15) is 18.5 Å². The van der Waals surface area contributed by atoms with Crippen molar-refractivity contribution in [3.63, 3.8) is 0 Å². The molecule has 132 valence electrons. The van der Waals surface area contributed by atoms with Crippen LogP contribution < -0.4 is 15.5 Å². The molecule has 1 fully saturated rings. The molecule has 0 spiro atoms. The standard InChI is InChI=1S/C16H16F3N5O/c17-11-3-4-12(14(19)13(11)18)23-16(25)21-9-10-5-6-20-15(22-10)24-7-1-2-8-24/h3-6H,1-2,7-9H2,(H2,21,23,25). The van der Waals surface area contributed by atoms with Crippen LogP contribution in [-0.4, -0.2) is 29.1 Å². The lowest BCUT2D eigenvalue weighted by molar-refractivity contribution is 0.251. The largest absolute Gasteiger partial charge is 0.341 e. The van der Waals surface area contributed by atoms with E-state index in [-0.39, 0.29) is 6.54 Å². The van der Waals surface area contributed by atoms with Crippen LogP contribution in [0.5, 0.6) is 0 Å². The van der Waals surface area contributed by atoms with E-state index >= 15 is 0 Å². The van der Waals surface area contributed by atoms with Crippen molar-refractivity contribution in [2.75, 3.05) is 23.3 Å². The van der Waals surface area contributed by atoms with Crippen molar-refractivity contribution >= 4 is 17.7 Å². The predicted molar refractivity (Wildman–Crippen MR) is 85.7 cm³/mol. The lowest BCUT2D eigenvalue weighted by Crippen LogP contribution is -2.29. The Balaban J connectivity index is 1.59. The fraction of sp³-hybridized carbons (Fsp3) is 0.312. The quantitative estimate of drug-likeness (QED) is 0.831. The Morgan fingerprint density at radius 2 is 1.88 bits per heavy atom. The number of nitrogens with zero attached hydrogens (tertiary/aromatic N) is 3. The first-order chi connectivity index (χ1) is 12.0. The summed E-state index contributed by atoms with van der Waals surface area (Å²) in [5, 5.41) is 4.62. The Morgan fingerprint density at radius 3 is 2.64 bits per heavy atom. The maximum Gasteiger partial charge on any atom is 0.319 e. The smallest absolute Gasteiger partial charge is 0.319 e. The van der Waals surface area contributed by atoms with Crippen LogP contribution in [0.15, 0.2) is 24.4 Å². The fourth-order valence-electron chi connectivity index (χ4n) is 2.51. The summed E-state index contributed by atoms with van der Waals surface area (Å²) in [5.74, 6) is -3.81. The highest BCUT2D eigenvalue weighted by atomic mass is 19.2. The summed E-state index contributed by atoms with van der Waals surface area (Å²) in [6.07, 6.45) is 3.78. The van der Waals surface area contributed by atoms with Crippen LogP contribution in [0.25, 0.3) is 0 Å². The number of carbonyl (C=O) groups is 1. The summed E-state index contributed by atoms with van der Waals surface area (Å²) in [4.78, 5) is 22.4. The molecule has 2 N–H and O–H groups in total. The molecule has 2 aromatic rings. The van der Waals surface area contributed by atoms with Crippen molar-refractivity contribution in [3.05, 3.63) is 47.5 Å². The number of carbonyl (C=O) groups excluding carboxylic acids is 1. The first-order valence-corrected chi connectivity index (χ1v) is 7.80. The summed E-state index contributed by atoms with van der Waals surface area (Å²) in [7, 11) is 0. The predicted octanol–water partition coefficient (Wildman–Crippen LogP) is 2.82. The van der Waals surface area contributed by atoms with Crippen LogP contribution >= 0.6 is 0 Å². The summed E-state index contributed by atoms with van der Waals surface area (Å²) >= 11 is 0. The van der Waals surface area contributed by atoms with E-state index in [9.17, 15) is 18.0 Å². The molecular formula is C16H16F3N5O. The number of hydrogen-bond acceptors (Lipinski definition) is 4.